The molecule has 0 aliphatic heterocycles. The molecule has 0 aromatic heterocycles. The third kappa shape index (κ3) is 2.49. The van der Waals surface area contributed by atoms with Crippen molar-refractivity contribution < 1.29 is 19.5 Å². The first-order valence-electron chi connectivity index (χ1n) is 4.36. The van der Waals surface area contributed by atoms with E-state index in [-0.39, 0.29) is 0 Å². The fourth-order valence-corrected chi connectivity index (χ4v) is 1.34. The molecule has 0 aliphatic carbocycles. The molecule has 1 rings (SSSR count). The molecule has 15 heavy (non-hydrogen) atoms. The molecule has 0 spiro atoms. The Hall–Kier alpha value is -1.97. The Morgan fingerprint density at radius 3 is 2.07 bits per heavy atom. The van der Waals surface area contributed by atoms with E-state index in [2.05, 4.69) is 0 Å². The molecule has 0 saturated heterocycles. The van der Waals surface area contributed by atoms with E-state index >= 15 is 0 Å². The van der Waals surface area contributed by atoms with E-state index in [0.717, 1.165) is 0 Å². The van der Waals surface area contributed by atoms with Crippen LogP contribution in [0.2, 0.25) is 0 Å². The van der Waals surface area contributed by atoms with Gasteiger partial charge in [-0.05, 0) is 12.5 Å². The lowest BCUT2D eigenvalue weighted by molar-refractivity contribution is -0.151. The molecule has 1 aromatic rings. The van der Waals surface area contributed by atoms with Crippen LogP contribution in [-0.2, 0) is 14.4 Å². The van der Waals surface area contributed by atoms with Crippen molar-refractivity contribution in [2.75, 3.05) is 0 Å². The SMILES string of the molecule is CC(=O)C(C(=O)C(=O)O)c1ccccc1. The van der Waals surface area contributed by atoms with Crippen LogP contribution >= 0.6 is 0 Å². The largest absolute Gasteiger partial charge is 0.475 e. The number of benzene rings is 1. The first-order valence-corrected chi connectivity index (χ1v) is 4.36. The number of hydrogen-bond acceptors (Lipinski definition) is 3. The Kier molecular flexibility index (Phi) is 3.33. The highest BCUT2D eigenvalue weighted by atomic mass is 16.4. The fourth-order valence-electron chi connectivity index (χ4n) is 1.34. The van der Waals surface area contributed by atoms with Crippen LogP contribution in [0.4, 0.5) is 0 Å². The van der Waals surface area contributed by atoms with E-state index in [9.17, 15) is 14.4 Å². The molecule has 78 valence electrons. The van der Waals surface area contributed by atoms with Crippen molar-refractivity contribution in [1.82, 2.24) is 0 Å². The number of ketones is 2. The van der Waals surface area contributed by atoms with Crippen LogP contribution in [-0.4, -0.2) is 22.6 Å². The summed E-state index contributed by atoms with van der Waals surface area (Å²) >= 11 is 0. The van der Waals surface area contributed by atoms with E-state index < -0.39 is 23.5 Å². The molecule has 0 saturated carbocycles. The minimum absolute atomic E-state index is 0.414. The van der Waals surface area contributed by atoms with Gasteiger partial charge in [-0.15, -0.1) is 0 Å². The molecule has 4 nitrogen and oxygen atoms in total. The van der Waals surface area contributed by atoms with Crippen molar-refractivity contribution >= 4 is 17.5 Å². The highest BCUT2D eigenvalue weighted by Crippen LogP contribution is 2.17. The average Bonchev–Trinajstić information content (AvgIpc) is 2.18. The first-order chi connectivity index (χ1) is 7.04. The van der Waals surface area contributed by atoms with Gasteiger partial charge in [0.25, 0.3) is 5.78 Å². The highest BCUT2D eigenvalue weighted by Gasteiger charge is 2.29. The van der Waals surface area contributed by atoms with Crippen molar-refractivity contribution in [2.45, 2.75) is 12.8 Å². The van der Waals surface area contributed by atoms with Gasteiger partial charge in [-0.1, -0.05) is 30.3 Å². The van der Waals surface area contributed by atoms with Crippen molar-refractivity contribution in [3.8, 4) is 0 Å². The number of Topliss-reactive ketones (excluding diaryl/α,β-unsaturated/α-hetero) is 2. The first kappa shape index (κ1) is 11.1. The van der Waals surface area contributed by atoms with Crippen LogP contribution in [0.15, 0.2) is 30.3 Å². The van der Waals surface area contributed by atoms with E-state index in [0.29, 0.717) is 5.56 Å². The molecule has 0 fully saturated rings. The van der Waals surface area contributed by atoms with Crippen LogP contribution in [0.25, 0.3) is 0 Å². The summed E-state index contributed by atoms with van der Waals surface area (Å²) in [7, 11) is 0. The van der Waals surface area contributed by atoms with Crippen molar-refractivity contribution in [2.24, 2.45) is 0 Å². The summed E-state index contributed by atoms with van der Waals surface area (Å²) in [6.07, 6.45) is 0. The standard InChI is InChI=1S/C11H10O4/c1-7(12)9(10(13)11(14)15)8-5-3-2-4-6-8/h2-6,9H,1H3,(H,14,15). The van der Waals surface area contributed by atoms with Gasteiger partial charge in [0.15, 0.2) is 0 Å². The molecule has 0 radical (unpaired) electrons. The van der Waals surface area contributed by atoms with Gasteiger partial charge < -0.3 is 5.11 Å². The van der Waals surface area contributed by atoms with E-state index in [1.807, 2.05) is 0 Å². The maximum Gasteiger partial charge on any atom is 0.373 e. The topological polar surface area (TPSA) is 71.4 Å². The summed E-state index contributed by atoms with van der Waals surface area (Å²) in [6, 6.07) is 8.16. The molecule has 1 unspecified atom stereocenters. The molecule has 0 heterocycles. The van der Waals surface area contributed by atoms with Crippen LogP contribution < -0.4 is 0 Å². The Balaban J connectivity index is 3.10. The summed E-state index contributed by atoms with van der Waals surface area (Å²) in [6.45, 7) is 1.21. The molecule has 0 amide bonds. The zero-order valence-corrected chi connectivity index (χ0v) is 8.14. The van der Waals surface area contributed by atoms with Crippen LogP contribution in [0.3, 0.4) is 0 Å². The molecule has 0 bridgehead atoms. The Bertz CT molecular complexity index is 394. The number of carboxylic acids is 1. The summed E-state index contributed by atoms with van der Waals surface area (Å²) in [5, 5.41) is 8.56. The van der Waals surface area contributed by atoms with Gasteiger partial charge in [0.1, 0.15) is 11.7 Å². The maximum absolute atomic E-state index is 11.3. The lowest BCUT2D eigenvalue weighted by atomic mass is 9.91. The summed E-state index contributed by atoms with van der Waals surface area (Å²) in [5.74, 6) is -4.33. The third-order valence-corrected chi connectivity index (χ3v) is 2.01. The number of aliphatic carboxylic acids is 1. The summed E-state index contributed by atoms with van der Waals surface area (Å²) < 4.78 is 0. The molecule has 1 N–H and O–H groups in total. The number of rotatable bonds is 4. The Labute approximate surface area is 86.5 Å². The van der Waals surface area contributed by atoms with E-state index in [4.69, 9.17) is 5.11 Å². The van der Waals surface area contributed by atoms with Gasteiger partial charge in [-0.25, -0.2) is 4.79 Å². The van der Waals surface area contributed by atoms with Gasteiger partial charge in [-0.3, -0.25) is 9.59 Å². The molecule has 4 heteroatoms. The van der Waals surface area contributed by atoms with Crippen LogP contribution in [0, 0.1) is 0 Å². The van der Waals surface area contributed by atoms with E-state index in [1.165, 1.54) is 6.92 Å². The number of carbonyl (C=O) groups is 3. The highest BCUT2D eigenvalue weighted by molar-refractivity contribution is 6.39. The fraction of sp³-hybridized carbons (Fsp3) is 0.182. The monoisotopic (exact) mass is 206 g/mol. The minimum atomic E-state index is -1.58. The smallest absolute Gasteiger partial charge is 0.373 e. The van der Waals surface area contributed by atoms with Crippen LogP contribution in [0.1, 0.15) is 18.4 Å². The lowest BCUT2D eigenvalue weighted by Crippen LogP contribution is -2.26. The molecule has 1 atom stereocenters. The van der Waals surface area contributed by atoms with E-state index in [1.54, 1.807) is 30.3 Å². The second-order valence-electron chi connectivity index (χ2n) is 3.12. The number of carbonyl (C=O) groups excluding carboxylic acids is 2. The van der Waals surface area contributed by atoms with Gasteiger partial charge in [-0.2, -0.15) is 0 Å². The lowest BCUT2D eigenvalue weighted by Gasteiger charge is -2.09. The minimum Gasteiger partial charge on any atom is -0.475 e. The zero-order chi connectivity index (χ0) is 11.4. The van der Waals surface area contributed by atoms with Gasteiger partial charge >= 0.3 is 5.97 Å². The predicted molar refractivity (Wildman–Crippen MR) is 52.5 cm³/mol. The van der Waals surface area contributed by atoms with Crippen LogP contribution in [0.5, 0.6) is 0 Å². The summed E-state index contributed by atoms with van der Waals surface area (Å²) in [4.78, 5) is 33.0. The second kappa shape index (κ2) is 4.50. The number of hydrogen-bond donors (Lipinski definition) is 1. The van der Waals surface area contributed by atoms with Crippen molar-refractivity contribution in [1.29, 1.82) is 0 Å². The molecule has 0 aliphatic rings. The molecular formula is C11H10O4. The number of carboxylic acid groups (broad SMARTS) is 1. The average molecular weight is 206 g/mol. The van der Waals surface area contributed by atoms with Gasteiger partial charge in [0.05, 0.1) is 0 Å². The predicted octanol–water partition coefficient (Wildman–Crippen LogP) is 1.01. The molecular weight excluding hydrogens is 196 g/mol. The zero-order valence-electron chi connectivity index (χ0n) is 8.14. The third-order valence-electron chi connectivity index (χ3n) is 2.01. The normalized spacial score (nSPS) is 11.8. The summed E-state index contributed by atoms with van der Waals surface area (Å²) in [5.41, 5.74) is 0.414. The molecule has 1 aromatic carbocycles. The Morgan fingerprint density at radius 1 is 1.13 bits per heavy atom. The maximum atomic E-state index is 11.3. The Morgan fingerprint density at radius 2 is 1.67 bits per heavy atom. The van der Waals surface area contributed by atoms with Gasteiger partial charge in [0.2, 0.25) is 0 Å². The quantitative estimate of drug-likeness (QED) is 0.589. The van der Waals surface area contributed by atoms with Crippen molar-refractivity contribution in [3.05, 3.63) is 35.9 Å². The van der Waals surface area contributed by atoms with Gasteiger partial charge in [0, 0.05) is 0 Å². The second-order valence-corrected chi connectivity index (χ2v) is 3.12. The van der Waals surface area contributed by atoms with Crippen molar-refractivity contribution in [3.63, 3.8) is 0 Å².